The van der Waals surface area contributed by atoms with Crippen LogP contribution in [0.25, 0.3) is 11.2 Å². The molecule has 0 atom stereocenters. The Morgan fingerprint density at radius 1 is 1.33 bits per heavy atom. The molecule has 3 rings (SSSR count). The molecule has 0 radical (unpaired) electrons. The maximum absolute atomic E-state index is 12.3. The second-order valence-corrected chi connectivity index (χ2v) is 6.88. The van der Waals surface area contributed by atoms with Gasteiger partial charge in [-0.3, -0.25) is 13.9 Å². The van der Waals surface area contributed by atoms with Gasteiger partial charge in [0.2, 0.25) is 0 Å². The molecule has 2 heterocycles. The molecule has 0 amide bonds. The molecule has 1 aromatic carbocycles. The van der Waals surface area contributed by atoms with Gasteiger partial charge in [0, 0.05) is 19.7 Å². The number of rotatable bonds is 4. The van der Waals surface area contributed by atoms with Crippen LogP contribution in [-0.2, 0) is 14.1 Å². The largest absolute Gasteiger partial charge is 0.330 e. The molecule has 0 aliphatic rings. The van der Waals surface area contributed by atoms with Crippen LogP contribution in [0.4, 0.5) is 0 Å². The standard InChI is InChI=1S/C16H16N4O2S2/c1-9-5-4-6-10(7-9)11(21)8-24-15-17-12-13(18-15)19(2)16(22)20(3)14(12)23/h4-7H,8H2,1-3H3,(H,17,18). The monoisotopic (exact) mass is 360 g/mol. The zero-order chi connectivity index (χ0) is 17.4. The minimum Gasteiger partial charge on any atom is -0.329 e. The number of hydrogen-bond acceptors (Lipinski definition) is 5. The topological polar surface area (TPSA) is 72.7 Å². The predicted molar refractivity (Wildman–Crippen MR) is 97.4 cm³/mol. The van der Waals surface area contributed by atoms with Gasteiger partial charge in [-0.25, -0.2) is 9.78 Å². The molecule has 0 aliphatic carbocycles. The van der Waals surface area contributed by atoms with Gasteiger partial charge in [-0.2, -0.15) is 0 Å². The van der Waals surface area contributed by atoms with Gasteiger partial charge in [0.1, 0.15) is 10.2 Å². The molecule has 0 fully saturated rings. The number of imidazole rings is 1. The van der Waals surface area contributed by atoms with Crippen LogP contribution in [0.2, 0.25) is 0 Å². The van der Waals surface area contributed by atoms with Crippen LogP contribution >= 0.6 is 24.0 Å². The molecule has 1 N–H and O–H groups in total. The first-order valence-electron chi connectivity index (χ1n) is 7.27. The molecular weight excluding hydrogens is 344 g/mol. The van der Waals surface area contributed by atoms with Gasteiger partial charge >= 0.3 is 5.69 Å². The molecule has 0 bridgehead atoms. The first kappa shape index (κ1) is 16.7. The fourth-order valence-corrected chi connectivity index (χ4v) is 3.39. The highest BCUT2D eigenvalue weighted by atomic mass is 32.2. The minimum absolute atomic E-state index is 0.0298. The smallest absolute Gasteiger partial charge is 0.329 e. The quantitative estimate of drug-likeness (QED) is 0.440. The Labute approximate surface area is 147 Å². The normalized spacial score (nSPS) is 11.1. The number of H-pyrrole nitrogens is 1. The number of nitrogens with zero attached hydrogens (tertiary/aromatic N) is 3. The summed E-state index contributed by atoms with van der Waals surface area (Å²) in [5, 5.41) is 0.568. The van der Waals surface area contributed by atoms with Crippen molar-refractivity contribution in [2.24, 2.45) is 14.1 Å². The average Bonchev–Trinajstić information content (AvgIpc) is 3.00. The lowest BCUT2D eigenvalue weighted by Gasteiger charge is -2.02. The highest BCUT2D eigenvalue weighted by Crippen LogP contribution is 2.20. The number of aryl methyl sites for hydroxylation is 2. The predicted octanol–water partition coefficient (Wildman–Crippen LogP) is 2.61. The fourth-order valence-electron chi connectivity index (χ4n) is 2.41. The van der Waals surface area contributed by atoms with Gasteiger partial charge in [0.15, 0.2) is 16.6 Å². The highest BCUT2D eigenvalue weighted by molar-refractivity contribution is 7.99. The number of hydrogen-bond donors (Lipinski definition) is 1. The molecule has 124 valence electrons. The number of Topliss-reactive ketones (excluding diaryl/α,β-unsaturated/α-hetero) is 1. The molecular formula is C16H16N4O2S2. The van der Waals surface area contributed by atoms with E-state index in [0.717, 1.165) is 5.56 Å². The Balaban J connectivity index is 1.88. The maximum Gasteiger partial charge on any atom is 0.330 e. The number of fused-ring (bicyclic) bond motifs is 1. The first-order chi connectivity index (χ1) is 11.4. The van der Waals surface area contributed by atoms with Gasteiger partial charge in [-0.15, -0.1) is 0 Å². The Hall–Kier alpha value is -2.19. The number of benzene rings is 1. The molecule has 0 unspecified atom stereocenters. The zero-order valence-corrected chi connectivity index (χ0v) is 15.1. The van der Waals surface area contributed by atoms with E-state index in [1.807, 2.05) is 25.1 Å². The summed E-state index contributed by atoms with van der Waals surface area (Å²) in [6.45, 7) is 1.95. The van der Waals surface area contributed by atoms with Crippen LogP contribution in [-0.4, -0.2) is 30.6 Å². The molecule has 0 saturated carbocycles. The molecule has 6 nitrogen and oxygen atoms in total. The summed E-state index contributed by atoms with van der Waals surface area (Å²) in [7, 11) is 3.27. The third-order valence-electron chi connectivity index (χ3n) is 3.75. The third-order valence-corrected chi connectivity index (χ3v) is 5.10. The van der Waals surface area contributed by atoms with Crippen LogP contribution in [0.15, 0.2) is 34.2 Å². The van der Waals surface area contributed by atoms with Crippen LogP contribution in [0.3, 0.4) is 0 Å². The van der Waals surface area contributed by atoms with Gasteiger partial charge < -0.3 is 4.98 Å². The van der Waals surface area contributed by atoms with Crippen molar-refractivity contribution in [3.63, 3.8) is 0 Å². The van der Waals surface area contributed by atoms with Crippen molar-refractivity contribution in [1.29, 1.82) is 0 Å². The van der Waals surface area contributed by atoms with Gasteiger partial charge in [0.05, 0.1) is 5.75 Å². The van der Waals surface area contributed by atoms with Crippen molar-refractivity contribution in [2.75, 3.05) is 5.75 Å². The number of thioether (sulfide) groups is 1. The lowest BCUT2D eigenvalue weighted by molar-refractivity contribution is 0.102. The molecule has 0 saturated heterocycles. The fraction of sp³-hybridized carbons (Fsp3) is 0.250. The van der Waals surface area contributed by atoms with E-state index in [9.17, 15) is 9.59 Å². The summed E-state index contributed by atoms with van der Waals surface area (Å²) in [6.07, 6.45) is 0. The van der Waals surface area contributed by atoms with E-state index >= 15 is 0 Å². The van der Waals surface area contributed by atoms with Gasteiger partial charge in [-0.1, -0.05) is 47.7 Å². The number of ketones is 1. The van der Waals surface area contributed by atoms with Crippen molar-refractivity contribution in [3.8, 4) is 0 Å². The number of aromatic amines is 1. The van der Waals surface area contributed by atoms with Crippen molar-refractivity contribution in [3.05, 3.63) is 50.5 Å². The second-order valence-electron chi connectivity index (χ2n) is 5.53. The van der Waals surface area contributed by atoms with Crippen LogP contribution in [0, 0.1) is 11.6 Å². The summed E-state index contributed by atoms with van der Waals surface area (Å²) >= 11 is 6.58. The van der Waals surface area contributed by atoms with Gasteiger partial charge in [0.25, 0.3) is 0 Å². The Morgan fingerprint density at radius 3 is 2.79 bits per heavy atom. The van der Waals surface area contributed by atoms with E-state index in [0.29, 0.717) is 26.5 Å². The number of aromatic nitrogens is 4. The SMILES string of the molecule is Cc1cccc(C(=O)CSc2nc3c([nH]2)c(=S)n(C)c(=O)n3C)c1. The van der Waals surface area contributed by atoms with Crippen LogP contribution in [0.5, 0.6) is 0 Å². The molecule has 3 aromatic rings. The third kappa shape index (κ3) is 2.94. The van der Waals surface area contributed by atoms with E-state index in [1.54, 1.807) is 20.2 Å². The number of carbonyl (C=O) groups excluding carboxylic acids is 1. The Bertz CT molecular complexity index is 1060. The summed E-state index contributed by atoms with van der Waals surface area (Å²) < 4.78 is 3.23. The minimum atomic E-state index is -0.230. The molecule has 2 aromatic heterocycles. The summed E-state index contributed by atoms with van der Waals surface area (Å²) in [6, 6.07) is 7.49. The zero-order valence-electron chi connectivity index (χ0n) is 13.5. The number of carbonyl (C=O) groups is 1. The van der Waals surface area contributed by atoms with E-state index in [-0.39, 0.29) is 17.2 Å². The Morgan fingerprint density at radius 2 is 2.08 bits per heavy atom. The van der Waals surface area contributed by atoms with E-state index in [1.165, 1.54) is 20.9 Å². The molecule has 24 heavy (non-hydrogen) atoms. The average molecular weight is 360 g/mol. The van der Waals surface area contributed by atoms with Crippen LogP contribution in [0.1, 0.15) is 15.9 Å². The first-order valence-corrected chi connectivity index (χ1v) is 8.66. The van der Waals surface area contributed by atoms with Gasteiger partial charge in [-0.05, 0) is 13.0 Å². The van der Waals surface area contributed by atoms with Crippen molar-refractivity contribution < 1.29 is 4.79 Å². The lowest BCUT2D eigenvalue weighted by Crippen LogP contribution is -2.27. The van der Waals surface area contributed by atoms with Crippen LogP contribution < -0.4 is 5.69 Å². The number of nitrogens with one attached hydrogen (secondary N) is 1. The summed E-state index contributed by atoms with van der Waals surface area (Å²) in [4.78, 5) is 31.8. The summed E-state index contributed by atoms with van der Waals surface area (Å²) in [5.41, 5.74) is 2.62. The second kappa shape index (κ2) is 6.37. The Kier molecular flexibility index (Phi) is 4.42. The van der Waals surface area contributed by atoms with E-state index < -0.39 is 0 Å². The van der Waals surface area contributed by atoms with E-state index in [2.05, 4.69) is 9.97 Å². The van der Waals surface area contributed by atoms with Crippen molar-refractivity contribution in [1.82, 2.24) is 19.1 Å². The van der Waals surface area contributed by atoms with Crippen molar-refractivity contribution in [2.45, 2.75) is 12.1 Å². The summed E-state index contributed by atoms with van der Waals surface area (Å²) in [5.74, 6) is 0.290. The molecule has 0 aliphatic heterocycles. The lowest BCUT2D eigenvalue weighted by atomic mass is 10.1. The highest BCUT2D eigenvalue weighted by Gasteiger charge is 2.13. The van der Waals surface area contributed by atoms with Crippen molar-refractivity contribution >= 4 is 40.9 Å². The maximum atomic E-state index is 12.3. The molecule has 8 heteroatoms. The molecule has 0 spiro atoms. The van der Waals surface area contributed by atoms with E-state index in [4.69, 9.17) is 12.2 Å².